The molecule has 1 aliphatic carbocycles. The first kappa shape index (κ1) is 17.5. The molecule has 0 aliphatic heterocycles. The second-order valence-electron chi connectivity index (χ2n) is 6.28. The van der Waals surface area contributed by atoms with Crippen molar-refractivity contribution in [3.8, 4) is 0 Å². The molecule has 25 heavy (non-hydrogen) atoms. The van der Waals surface area contributed by atoms with E-state index in [1.807, 2.05) is 24.3 Å². The topological polar surface area (TPSA) is 29.1 Å². The van der Waals surface area contributed by atoms with E-state index in [1.54, 1.807) is 0 Å². The van der Waals surface area contributed by atoms with Gasteiger partial charge in [0.1, 0.15) is 5.82 Å². The number of hydrogen-bond donors (Lipinski definition) is 1. The molecular formula is C19H17F4NO. The molecule has 0 heterocycles. The maximum absolute atomic E-state index is 13.2. The zero-order valence-electron chi connectivity index (χ0n) is 13.4. The third-order valence-corrected chi connectivity index (χ3v) is 4.22. The summed E-state index contributed by atoms with van der Waals surface area (Å²) in [7, 11) is 0. The molecule has 0 aromatic heterocycles. The summed E-state index contributed by atoms with van der Waals surface area (Å²) < 4.78 is 51.3. The van der Waals surface area contributed by atoms with Crippen molar-refractivity contribution in [2.75, 3.05) is 0 Å². The summed E-state index contributed by atoms with van der Waals surface area (Å²) in [5.41, 5.74) is 0.984. The van der Waals surface area contributed by atoms with E-state index >= 15 is 0 Å². The molecule has 6 heteroatoms. The van der Waals surface area contributed by atoms with E-state index in [4.69, 9.17) is 0 Å². The zero-order valence-corrected chi connectivity index (χ0v) is 13.4. The first-order valence-corrected chi connectivity index (χ1v) is 8.04. The quantitative estimate of drug-likeness (QED) is 0.785. The van der Waals surface area contributed by atoms with Crippen LogP contribution in [0.25, 0.3) is 0 Å². The van der Waals surface area contributed by atoms with Crippen LogP contribution in [0.3, 0.4) is 0 Å². The number of rotatable bonds is 5. The molecule has 2 nitrogen and oxygen atoms in total. The number of halogens is 4. The van der Waals surface area contributed by atoms with Gasteiger partial charge in [-0.05, 0) is 47.6 Å². The van der Waals surface area contributed by atoms with E-state index in [9.17, 15) is 22.4 Å². The van der Waals surface area contributed by atoms with Crippen LogP contribution in [0.2, 0.25) is 0 Å². The van der Waals surface area contributed by atoms with Gasteiger partial charge in [-0.1, -0.05) is 30.3 Å². The lowest BCUT2D eigenvalue weighted by Gasteiger charge is -2.10. The monoisotopic (exact) mass is 351 g/mol. The van der Waals surface area contributed by atoms with Gasteiger partial charge in [0.25, 0.3) is 0 Å². The minimum absolute atomic E-state index is 0.121. The van der Waals surface area contributed by atoms with Crippen molar-refractivity contribution >= 4 is 5.91 Å². The Bertz CT molecular complexity index is 764. The molecule has 2 aromatic carbocycles. The molecule has 1 aliphatic rings. The SMILES string of the molecule is O=C(Cc1ccc(F)c(C(F)(F)F)c1)NCc1ccc(C2CC2)cc1. The average Bonchev–Trinajstić information content (AvgIpc) is 3.39. The Morgan fingerprint density at radius 2 is 1.68 bits per heavy atom. The normalized spacial score (nSPS) is 14.4. The number of benzene rings is 2. The van der Waals surface area contributed by atoms with Crippen LogP contribution >= 0.6 is 0 Å². The van der Waals surface area contributed by atoms with Gasteiger partial charge in [0.15, 0.2) is 0 Å². The molecule has 0 radical (unpaired) electrons. The third-order valence-electron chi connectivity index (χ3n) is 4.22. The van der Waals surface area contributed by atoms with E-state index in [-0.39, 0.29) is 12.0 Å². The maximum atomic E-state index is 13.2. The lowest BCUT2D eigenvalue weighted by atomic mass is 10.1. The maximum Gasteiger partial charge on any atom is 0.419 e. The van der Waals surface area contributed by atoms with E-state index < -0.39 is 23.5 Å². The molecule has 1 N–H and O–H groups in total. The van der Waals surface area contributed by atoms with Gasteiger partial charge in [0, 0.05) is 6.54 Å². The number of carbonyl (C=O) groups is 1. The number of carbonyl (C=O) groups excluding carboxylic acids is 1. The Labute approximate surface area is 142 Å². The first-order valence-electron chi connectivity index (χ1n) is 8.04. The Hall–Kier alpha value is -2.37. The van der Waals surface area contributed by atoms with Crippen LogP contribution in [-0.2, 0) is 23.9 Å². The molecule has 0 saturated heterocycles. The van der Waals surface area contributed by atoms with Crippen LogP contribution in [-0.4, -0.2) is 5.91 Å². The van der Waals surface area contributed by atoms with Crippen LogP contribution in [0.5, 0.6) is 0 Å². The predicted molar refractivity (Wildman–Crippen MR) is 85.4 cm³/mol. The van der Waals surface area contributed by atoms with Crippen molar-refractivity contribution in [1.82, 2.24) is 5.32 Å². The Morgan fingerprint density at radius 3 is 2.28 bits per heavy atom. The van der Waals surface area contributed by atoms with E-state index in [0.29, 0.717) is 18.5 Å². The second kappa shape index (κ2) is 6.86. The number of nitrogens with one attached hydrogen (secondary N) is 1. The van der Waals surface area contributed by atoms with Crippen LogP contribution in [0.15, 0.2) is 42.5 Å². The molecule has 1 saturated carbocycles. The van der Waals surface area contributed by atoms with Gasteiger partial charge in [-0.3, -0.25) is 4.79 Å². The minimum Gasteiger partial charge on any atom is -0.352 e. The smallest absolute Gasteiger partial charge is 0.352 e. The average molecular weight is 351 g/mol. The predicted octanol–water partition coefficient (Wildman–Crippen LogP) is 4.58. The van der Waals surface area contributed by atoms with Crippen molar-refractivity contribution < 1.29 is 22.4 Å². The lowest BCUT2D eigenvalue weighted by Crippen LogP contribution is -2.24. The van der Waals surface area contributed by atoms with Gasteiger partial charge in [0.05, 0.1) is 12.0 Å². The summed E-state index contributed by atoms with van der Waals surface area (Å²) in [5.74, 6) is -1.09. The molecule has 0 bridgehead atoms. The van der Waals surface area contributed by atoms with Crippen LogP contribution in [0.1, 0.15) is 41.0 Å². The largest absolute Gasteiger partial charge is 0.419 e. The van der Waals surface area contributed by atoms with Crippen LogP contribution < -0.4 is 5.32 Å². The molecule has 0 atom stereocenters. The number of hydrogen-bond acceptors (Lipinski definition) is 1. The van der Waals surface area contributed by atoms with E-state index in [1.165, 1.54) is 24.5 Å². The van der Waals surface area contributed by atoms with Crippen LogP contribution in [0, 0.1) is 5.82 Å². The van der Waals surface area contributed by atoms with E-state index in [0.717, 1.165) is 11.6 Å². The highest BCUT2D eigenvalue weighted by Crippen LogP contribution is 2.39. The summed E-state index contributed by atoms with van der Waals surface area (Å²) in [6, 6.07) is 10.6. The fourth-order valence-corrected chi connectivity index (χ4v) is 2.67. The molecule has 0 unspecified atom stereocenters. The summed E-state index contributed by atoms with van der Waals surface area (Å²) in [4.78, 5) is 11.9. The molecule has 0 spiro atoms. The van der Waals surface area contributed by atoms with Gasteiger partial charge in [-0.25, -0.2) is 4.39 Å². The number of amides is 1. The highest BCUT2D eigenvalue weighted by atomic mass is 19.4. The summed E-state index contributed by atoms with van der Waals surface area (Å²) >= 11 is 0. The Balaban J connectivity index is 1.57. The molecule has 1 fully saturated rings. The van der Waals surface area contributed by atoms with Gasteiger partial charge < -0.3 is 5.32 Å². The fraction of sp³-hybridized carbons (Fsp3) is 0.316. The van der Waals surface area contributed by atoms with E-state index in [2.05, 4.69) is 5.32 Å². The van der Waals surface area contributed by atoms with Crippen molar-refractivity contribution in [2.24, 2.45) is 0 Å². The Kier molecular flexibility index (Phi) is 4.79. The first-order chi connectivity index (χ1) is 11.8. The molecule has 2 aromatic rings. The molecular weight excluding hydrogens is 334 g/mol. The molecule has 3 rings (SSSR count). The summed E-state index contributed by atoms with van der Waals surface area (Å²) in [5, 5.41) is 2.67. The lowest BCUT2D eigenvalue weighted by molar-refractivity contribution is -0.140. The second-order valence-corrected chi connectivity index (χ2v) is 6.28. The summed E-state index contributed by atoms with van der Waals surface area (Å²) in [6.07, 6.45) is -2.58. The Morgan fingerprint density at radius 1 is 1.04 bits per heavy atom. The molecule has 1 amide bonds. The standard InChI is InChI=1S/C19H17F4NO/c20-17-8-3-13(9-16(17)19(21,22)23)10-18(25)24-11-12-1-4-14(5-2-12)15-6-7-15/h1-5,8-9,15H,6-7,10-11H2,(H,24,25). The van der Waals surface area contributed by atoms with Crippen molar-refractivity contribution in [2.45, 2.75) is 37.9 Å². The van der Waals surface area contributed by atoms with Crippen molar-refractivity contribution in [1.29, 1.82) is 0 Å². The fourth-order valence-electron chi connectivity index (χ4n) is 2.67. The minimum atomic E-state index is -4.78. The van der Waals surface area contributed by atoms with Gasteiger partial charge in [-0.2, -0.15) is 13.2 Å². The molecule has 132 valence electrons. The van der Waals surface area contributed by atoms with Crippen molar-refractivity contribution in [3.05, 3.63) is 70.5 Å². The third kappa shape index (κ3) is 4.59. The van der Waals surface area contributed by atoms with Crippen LogP contribution in [0.4, 0.5) is 17.6 Å². The van der Waals surface area contributed by atoms with Gasteiger partial charge in [0.2, 0.25) is 5.91 Å². The number of alkyl halides is 3. The summed E-state index contributed by atoms with van der Waals surface area (Å²) in [6.45, 7) is 0.303. The highest BCUT2D eigenvalue weighted by molar-refractivity contribution is 5.78. The highest BCUT2D eigenvalue weighted by Gasteiger charge is 2.34. The van der Waals surface area contributed by atoms with Gasteiger partial charge in [-0.15, -0.1) is 0 Å². The van der Waals surface area contributed by atoms with Gasteiger partial charge >= 0.3 is 6.18 Å². The van der Waals surface area contributed by atoms with Crippen molar-refractivity contribution in [3.63, 3.8) is 0 Å². The zero-order chi connectivity index (χ0) is 18.0.